The number of nitriles is 1. The Balaban J connectivity index is 2.14. The van der Waals surface area contributed by atoms with Crippen molar-refractivity contribution in [2.24, 2.45) is 0 Å². The smallest absolute Gasteiger partial charge is 0.267 e. The summed E-state index contributed by atoms with van der Waals surface area (Å²) < 4.78 is 5.63. The van der Waals surface area contributed by atoms with Crippen LogP contribution in [0.15, 0.2) is 30.0 Å². The molecule has 2 atom stereocenters. The fourth-order valence-corrected chi connectivity index (χ4v) is 2.76. The monoisotopic (exact) mass is 353 g/mol. The molecule has 122 valence electrons. The Morgan fingerprint density at radius 2 is 2.04 bits per heavy atom. The Hall–Kier alpha value is -1.74. The lowest BCUT2D eigenvalue weighted by molar-refractivity contribution is -0.112. The van der Waals surface area contributed by atoms with E-state index in [2.05, 4.69) is 5.32 Å². The number of nitrogens with one attached hydrogen (secondary N) is 1. The lowest BCUT2D eigenvalue weighted by Gasteiger charge is -2.34. The number of amides is 1. The van der Waals surface area contributed by atoms with E-state index in [9.17, 15) is 10.1 Å². The van der Waals surface area contributed by atoms with Crippen molar-refractivity contribution in [3.8, 4) is 6.07 Å². The minimum atomic E-state index is -0.525. The molecule has 1 aromatic rings. The fraction of sp³-hybridized carbons (Fsp3) is 0.375. The van der Waals surface area contributed by atoms with E-state index in [1.807, 2.05) is 24.8 Å². The van der Waals surface area contributed by atoms with Gasteiger partial charge in [0, 0.05) is 24.3 Å². The lowest BCUT2D eigenvalue weighted by Crippen LogP contribution is -2.43. The summed E-state index contributed by atoms with van der Waals surface area (Å²) in [5.74, 6) is -0.525. The van der Waals surface area contributed by atoms with Crippen molar-refractivity contribution in [3.05, 3.63) is 40.0 Å². The van der Waals surface area contributed by atoms with Crippen molar-refractivity contribution in [1.29, 1.82) is 5.26 Å². The van der Waals surface area contributed by atoms with Gasteiger partial charge in [0.2, 0.25) is 0 Å². The molecule has 0 saturated carbocycles. The summed E-state index contributed by atoms with van der Waals surface area (Å²) in [6.07, 6.45) is 1.64. The molecule has 1 aliphatic heterocycles. The average molecular weight is 354 g/mol. The summed E-state index contributed by atoms with van der Waals surface area (Å²) in [7, 11) is 0. The van der Waals surface area contributed by atoms with Crippen LogP contribution in [0.2, 0.25) is 10.0 Å². The number of anilines is 1. The Morgan fingerprint density at radius 3 is 2.65 bits per heavy atom. The van der Waals surface area contributed by atoms with E-state index in [1.165, 1.54) is 6.07 Å². The van der Waals surface area contributed by atoms with Gasteiger partial charge in [-0.2, -0.15) is 5.26 Å². The molecule has 1 heterocycles. The third kappa shape index (κ3) is 4.87. The van der Waals surface area contributed by atoms with Gasteiger partial charge in [-0.05, 0) is 32.0 Å². The molecule has 1 amide bonds. The molecular formula is C16H17Cl2N3O2. The van der Waals surface area contributed by atoms with Crippen molar-refractivity contribution in [2.45, 2.75) is 26.1 Å². The summed E-state index contributed by atoms with van der Waals surface area (Å²) in [5.41, 5.74) is 0.372. The van der Waals surface area contributed by atoms with E-state index < -0.39 is 5.91 Å². The van der Waals surface area contributed by atoms with Crippen molar-refractivity contribution in [1.82, 2.24) is 4.90 Å². The highest BCUT2D eigenvalue weighted by Gasteiger charge is 2.22. The molecule has 1 fully saturated rings. The maximum Gasteiger partial charge on any atom is 0.267 e. The second-order valence-corrected chi connectivity index (χ2v) is 6.29. The SMILES string of the molecule is CC1CN(/C=C(/C#N)C(=O)Nc2cc(Cl)ccc2Cl)CC(C)O1. The van der Waals surface area contributed by atoms with Crippen LogP contribution in [0.1, 0.15) is 13.8 Å². The van der Waals surface area contributed by atoms with Crippen LogP contribution >= 0.6 is 23.2 Å². The van der Waals surface area contributed by atoms with Gasteiger partial charge in [0.25, 0.3) is 5.91 Å². The average Bonchev–Trinajstić information content (AvgIpc) is 2.47. The van der Waals surface area contributed by atoms with Gasteiger partial charge in [0.05, 0.1) is 22.9 Å². The van der Waals surface area contributed by atoms with E-state index in [0.29, 0.717) is 28.8 Å². The molecule has 0 radical (unpaired) electrons. The summed E-state index contributed by atoms with van der Waals surface area (Å²) in [6.45, 7) is 5.16. The first-order chi connectivity index (χ1) is 10.9. The molecule has 2 unspecified atom stereocenters. The number of nitrogens with zero attached hydrogens (tertiary/aromatic N) is 2. The van der Waals surface area contributed by atoms with Crippen molar-refractivity contribution < 1.29 is 9.53 Å². The van der Waals surface area contributed by atoms with Crippen LogP contribution in [0.5, 0.6) is 0 Å². The molecule has 0 aromatic heterocycles. The van der Waals surface area contributed by atoms with Crippen molar-refractivity contribution in [2.75, 3.05) is 18.4 Å². The molecule has 0 bridgehead atoms. The number of benzene rings is 1. The van der Waals surface area contributed by atoms with Gasteiger partial charge in [0.15, 0.2) is 0 Å². The first kappa shape index (κ1) is 17.6. The van der Waals surface area contributed by atoms with Crippen LogP contribution in [0, 0.1) is 11.3 Å². The van der Waals surface area contributed by atoms with Gasteiger partial charge in [0.1, 0.15) is 11.6 Å². The zero-order valence-electron chi connectivity index (χ0n) is 12.8. The molecule has 7 heteroatoms. The maximum absolute atomic E-state index is 12.3. The molecule has 1 N–H and O–H groups in total. The Bertz CT molecular complexity index is 660. The summed E-state index contributed by atoms with van der Waals surface area (Å²) in [5, 5.41) is 12.7. The van der Waals surface area contributed by atoms with Gasteiger partial charge >= 0.3 is 0 Å². The standard InChI is InChI=1S/C16H17Cl2N3O2/c1-10-7-21(8-11(2)23-10)9-12(6-19)16(22)20-15-5-13(17)3-4-14(15)18/h3-5,9-11H,7-8H2,1-2H3,(H,20,22)/b12-9-. The quantitative estimate of drug-likeness (QED) is 0.667. The van der Waals surface area contributed by atoms with Gasteiger partial charge in [-0.25, -0.2) is 0 Å². The lowest BCUT2D eigenvalue weighted by atomic mass is 10.2. The van der Waals surface area contributed by atoms with Crippen molar-refractivity contribution >= 4 is 34.8 Å². The molecule has 1 aliphatic rings. The summed E-state index contributed by atoms with van der Waals surface area (Å²) in [6, 6.07) is 6.67. The fourth-order valence-electron chi connectivity index (χ4n) is 2.43. The minimum Gasteiger partial charge on any atom is -0.372 e. The number of halogens is 2. The van der Waals surface area contributed by atoms with Gasteiger partial charge < -0.3 is 15.0 Å². The summed E-state index contributed by atoms with van der Waals surface area (Å²) in [4.78, 5) is 14.2. The number of hydrogen-bond acceptors (Lipinski definition) is 4. The van der Waals surface area contributed by atoms with Gasteiger partial charge in [-0.1, -0.05) is 23.2 Å². The third-order valence-electron chi connectivity index (χ3n) is 3.30. The molecule has 0 aliphatic carbocycles. The molecule has 0 spiro atoms. The topological polar surface area (TPSA) is 65.4 Å². The molecular weight excluding hydrogens is 337 g/mol. The predicted molar refractivity (Wildman–Crippen MR) is 90.4 cm³/mol. The van der Waals surface area contributed by atoms with E-state index in [0.717, 1.165) is 0 Å². The van der Waals surface area contributed by atoms with Crippen LogP contribution in [0.3, 0.4) is 0 Å². The highest BCUT2D eigenvalue weighted by Crippen LogP contribution is 2.25. The van der Waals surface area contributed by atoms with Gasteiger partial charge in [-0.3, -0.25) is 4.79 Å². The predicted octanol–water partition coefficient (Wildman–Crippen LogP) is 3.45. The number of ether oxygens (including phenoxy) is 1. The normalized spacial score (nSPS) is 21.7. The second kappa shape index (κ2) is 7.69. The minimum absolute atomic E-state index is 0.00217. The molecule has 1 saturated heterocycles. The highest BCUT2D eigenvalue weighted by atomic mass is 35.5. The number of carbonyl (C=O) groups excluding carboxylic acids is 1. The van der Waals surface area contributed by atoms with Crippen LogP contribution in [0.4, 0.5) is 5.69 Å². The van der Waals surface area contributed by atoms with E-state index in [1.54, 1.807) is 18.3 Å². The largest absolute Gasteiger partial charge is 0.372 e. The maximum atomic E-state index is 12.3. The highest BCUT2D eigenvalue weighted by molar-refractivity contribution is 6.35. The third-order valence-corrected chi connectivity index (χ3v) is 3.87. The van der Waals surface area contributed by atoms with Crippen LogP contribution in [-0.2, 0) is 9.53 Å². The zero-order chi connectivity index (χ0) is 17.0. The van der Waals surface area contributed by atoms with Crippen molar-refractivity contribution in [3.63, 3.8) is 0 Å². The molecule has 23 heavy (non-hydrogen) atoms. The first-order valence-corrected chi connectivity index (χ1v) is 7.92. The Kier molecular flexibility index (Phi) is 5.89. The Labute approximate surface area is 145 Å². The van der Waals surface area contributed by atoms with E-state index in [4.69, 9.17) is 27.9 Å². The number of rotatable bonds is 3. The molecule has 1 aromatic carbocycles. The van der Waals surface area contributed by atoms with Crippen LogP contribution < -0.4 is 5.32 Å². The number of hydrogen-bond donors (Lipinski definition) is 1. The Morgan fingerprint density at radius 1 is 1.39 bits per heavy atom. The van der Waals surface area contributed by atoms with E-state index in [-0.39, 0.29) is 17.8 Å². The van der Waals surface area contributed by atoms with E-state index >= 15 is 0 Å². The number of carbonyl (C=O) groups is 1. The van der Waals surface area contributed by atoms with Gasteiger partial charge in [-0.15, -0.1) is 0 Å². The first-order valence-electron chi connectivity index (χ1n) is 7.17. The summed E-state index contributed by atoms with van der Waals surface area (Å²) >= 11 is 11.9. The molecule has 5 nitrogen and oxygen atoms in total. The zero-order valence-corrected chi connectivity index (χ0v) is 14.4. The second-order valence-electron chi connectivity index (χ2n) is 5.44. The van der Waals surface area contributed by atoms with Crippen LogP contribution in [-0.4, -0.2) is 36.1 Å². The molecule has 2 rings (SSSR count). The van der Waals surface area contributed by atoms with Crippen LogP contribution in [0.25, 0.3) is 0 Å². The number of morpholine rings is 1.